The van der Waals surface area contributed by atoms with E-state index in [1.807, 2.05) is 13.8 Å². The van der Waals surface area contributed by atoms with Crippen molar-refractivity contribution in [3.8, 4) is 0 Å². The van der Waals surface area contributed by atoms with E-state index in [2.05, 4.69) is 9.71 Å². The molecule has 1 saturated heterocycles. The zero-order valence-electron chi connectivity index (χ0n) is 11.8. The molecule has 2 rings (SSSR count). The Morgan fingerprint density at radius 1 is 1.55 bits per heavy atom. The van der Waals surface area contributed by atoms with Crippen molar-refractivity contribution in [2.75, 3.05) is 24.4 Å². The van der Waals surface area contributed by atoms with Crippen molar-refractivity contribution in [2.24, 2.45) is 5.92 Å². The van der Waals surface area contributed by atoms with Gasteiger partial charge in [0.1, 0.15) is 0 Å². The van der Waals surface area contributed by atoms with Crippen molar-refractivity contribution in [3.05, 3.63) is 10.6 Å². The minimum atomic E-state index is -3.57. The summed E-state index contributed by atoms with van der Waals surface area (Å²) >= 11 is 1.36. The fourth-order valence-electron chi connectivity index (χ4n) is 2.37. The van der Waals surface area contributed by atoms with Crippen molar-refractivity contribution < 1.29 is 13.5 Å². The third-order valence-electron chi connectivity index (χ3n) is 3.52. The zero-order valence-corrected chi connectivity index (χ0v) is 13.4. The molecule has 2 N–H and O–H groups in total. The topological polar surface area (TPSA) is 82.5 Å². The summed E-state index contributed by atoms with van der Waals surface area (Å²) in [5.74, 6) is 0.0320. The molecule has 1 aliphatic heterocycles. The third-order valence-corrected chi connectivity index (χ3v) is 6.04. The van der Waals surface area contributed by atoms with Gasteiger partial charge in [0.05, 0.1) is 5.69 Å². The number of anilines is 1. The number of nitrogens with one attached hydrogen (secondary N) is 1. The van der Waals surface area contributed by atoms with Crippen LogP contribution in [0.1, 0.15) is 30.3 Å². The summed E-state index contributed by atoms with van der Waals surface area (Å²) in [6.07, 6.45) is 2.45. The predicted octanol–water partition coefficient (Wildman–Crippen LogP) is 1.37. The van der Waals surface area contributed by atoms with Crippen LogP contribution in [0.15, 0.2) is 0 Å². The van der Waals surface area contributed by atoms with Crippen LogP contribution in [-0.4, -0.2) is 42.5 Å². The van der Waals surface area contributed by atoms with Crippen molar-refractivity contribution in [3.63, 3.8) is 0 Å². The molecule has 0 amide bonds. The molecule has 0 radical (unpaired) electrons. The zero-order chi connectivity index (χ0) is 14.8. The first-order valence-electron chi connectivity index (χ1n) is 6.81. The maximum Gasteiger partial charge on any atom is 0.303 e. The number of nitrogens with zero attached hydrogens (tertiary/aromatic N) is 2. The predicted molar refractivity (Wildman–Crippen MR) is 80.2 cm³/mol. The minimum Gasteiger partial charge on any atom is -0.396 e. The Hall–Kier alpha value is -0.700. The Morgan fingerprint density at radius 3 is 2.90 bits per heavy atom. The summed E-state index contributed by atoms with van der Waals surface area (Å²) in [5.41, 5.74) is 0.930. The normalized spacial score (nSPS) is 21.1. The molecule has 1 aromatic heterocycles. The maximum absolute atomic E-state index is 12.3. The summed E-state index contributed by atoms with van der Waals surface area (Å²) in [4.78, 5) is 5.34. The second-order valence-corrected chi connectivity index (χ2v) is 7.91. The van der Waals surface area contributed by atoms with E-state index in [9.17, 15) is 13.5 Å². The molecule has 20 heavy (non-hydrogen) atoms. The molecule has 0 aromatic carbocycles. The van der Waals surface area contributed by atoms with Gasteiger partial charge in [-0.15, -0.1) is 11.3 Å². The SMILES string of the molecule is CCc1nc(NS(=O)(=O)N2CCCC(CO)C2)sc1C. The molecule has 1 atom stereocenters. The summed E-state index contributed by atoms with van der Waals surface area (Å²) in [7, 11) is -3.57. The first-order chi connectivity index (χ1) is 9.46. The van der Waals surface area contributed by atoms with Crippen LogP contribution in [0.25, 0.3) is 0 Å². The Kier molecular flexibility index (Phi) is 5.00. The van der Waals surface area contributed by atoms with E-state index >= 15 is 0 Å². The lowest BCUT2D eigenvalue weighted by molar-refractivity contribution is 0.166. The van der Waals surface area contributed by atoms with Gasteiger partial charge in [0, 0.05) is 24.6 Å². The minimum absolute atomic E-state index is 0.0301. The van der Waals surface area contributed by atoms with E-state index in [1.165, 1.54) is 15.6 Å². The lowest BCUT2D eigenvalue weighted by atomic mass is 10.0. The van der Waals surface area contributed by atoms with Crippen LogP contribution in [0.4, 0.5) is 5.13 Å². The number of piperidine rings is 1. The van der Waals surface area contributed by atoms with Gasteiger partial charge in [-0.2, -0.15) is 12.7 Å². The number of aromatic nitrogens is 1. The van der Waals surface area contributed by atoms with E-state index in [0.29, 0.717) is 18.2 Å². The van der Waals surface area contributed by atoms with Crippen molar-refractivity contribution in [1.82, 2.24) is 9.29 Å². The second kappa shape index (κ2) is 6.38. The highest BCUT2D eigenvalue weighted by Gasteiger charge is 2.29. The number of thiazole rings is 1. The lowest BCUT2D eigenvalue weighted by Crippen LogP contribution is -2.43. The highest BCUT2D eigenvalue weighted by atomic mass is 32.2. The van der Waals surface area contributed by atoms with Crippen molar-refractivity contribution >= 4 is 26.7 Å². The first-order valence-corrected chi connectivity index (χ1v) is 9.07. The quantitative estimate of drug-likeness (QED) is 0.859. The Morgan fingerprint density at radius 2 is 2.30 bits per heavy atom. The van der Waals surface area contributed by atoms with E-state index in [-0.39, 0.29) is 12.5 Å². The molecule has 1 unspecified atom stereocenters. The smallest absolute Gasteiger partial charge is 0.303 e. The van der Waals surface area contributed by atoms with Gasteiger partial charge in [-0.05, 0) is 32.1 Å². The summed E-state index contributed by atoms with van der Waals surface area (Å²) in [6, 6.07) is 0. The van der Waals surface area contributed by atoms with Gasteiger partial charge in [0.15, 0.2) is 5.13 Å². The fourth-order valence-corrected chi connectivity index (χ4v) is 4.78. The number of aliphatic hydroxyl groups excluding tert-OH is 1. The largest absolute Gasteiger partial charge is 0.396 e. The number of hydrogen-bond donors (Lipinski definition) is 2. The standard InChI is InChI=1S/C12H21N3O3S2/c1-3-11-9(2)19-12(13-11)14-20(17,18)15-6-4-5-10(7-15)8-16/h10,16H,3-8H2,1-2H3,(H,13,14). The number of hydrogen-bond acceptors (Lipinski definition) is 5. The van der Waals surface area contributed by atoms with Gasteiger partial charge in [-0.1, -0.05) is 6.92 Å². The summed E-state index contributed by atoms with van der Waals surface area (Å²) in [6.45, 7) is 4.84. The first kappa shape index (κ1) is 15.7. The maximum atomic E-state index is 12.3. The van der Waals surface area contributed by atoms with E-state index < -0.39 is 10.2 Å². The molecular weight excluding hydrogens is 298 g/mol. The average molecular weight is 319 g/mol. The number of rotatable bonds is 5. The molecule has 0 aliphatic carbocycles. The molecule has 0 saturated carbocycles. The lowest BCUT2D eigenvalue weighted by Gasteiger charge is -2.30. The van der Waals surface area contributed by atoms with Crippen LogP contribution in [0.5, 0.6) is 0 Å². The van der Waals surface area contributed by atoms with Crippen LogP contribution in [0, 0.1) is 12.8 Å². The summed E-state index contributed by atoms with van der Waals surface area (Å²) < 4.78 is 28.6. The average Bonchev–Trinajstić information content (AvgIpc) is 2.78. The molecular formula is C12H21N3O3S2. The Bertz CT molecular complexity index is 556. The third kappa shape index (κ3) is 3.49. The number of aliphatic hydroxyl groups is 1. The van der Waals surface area contributed by atoms with Crippen LogP contribution >= 0.6 is 11.3 Å². The van der Waals surface area contributed by atoms with Gasteiger partial charge < -0.3 is 5.11 Å². The highest BCUT2D eigenvalue weighted by Crippen LogP contribution is 2.25. The van der Waals surface area contributed by atoms with E-state index in [1.54, 1.807) is 0 Å². The molecule has 8 heteroatoms. The van der Waals surface area contributed by atoms with Crippen LogP contribution in [-0.2, 0) is 16.6 Å². The van der Waals surface area contributed by atoms with Crippen molar-refractivity contribution in [2.45, 2.75) is 33.1 Å². The molecule has 0 bridgehead atoms. The second-order valence-electron chi connectivity index (χ2n) is 5.03. The number of aryl methyl sites for hydroxylation is 2. The Labute approximate surface area is 124 Å². The van der Waals surface area contributed by atoms with Gasteiger partial charge in [-0.3, -0.25) is 0 Å². The van der Waals surface area contributed by atoms with Gasteiger partial charge in [-0.25, -0.2) is 9.71 Å². The van der Waals surface area contributed by atoms with Gasteiger partial charge in [0.25, 0.3) is 0 Å². The fraction of sp³-hybridized carbons (Fsp3) is 0.750. The Balaban J connectivity index is 2.09. The van der Waals surface area contributed by atoms with Crippen LogP contribution in [0.3, 0.4) is 0 Å². The molecule has 2 heterocycles. The van der Waals surface area contributed by atoms with Gasteiger partial charge >= 0.3 is 10.2 Å². The molecule has 1 aliphatic rings. The molecule has 1 fully saturated rings. The molecule has 1 aromatic rings. The van der Waals surface area contributed by atoms with Gasteiger partial charge in [0.2, 0.25) is 0 Å². The molecule has 6 nitrogen and oxygen atoms in total. The van der Waals surface area contributed by atoms with E-state index in [4.69, 9.17) is 0 Å². The van der Waals surface area contributed by atoms with Crippen LogP contribution in [0.2, 0.25) is 0 Å². The van der Waals surface area contributed by atoms with Crippen molar-refractivity contribution in [1.29, 1.82) is 0 Å². The monoisotopic (exact) mass is 319 g/mol. The molecule has 0 spiro atoms. The molecule has 114 valence electrons. The summed E-state index contributed by atoms with van der Waals surface area (Å²) in [5, 5.41) is 9.61. The highest BCUT2D eigenvalue weighted by molar-refractivity contribution is 7.90. The van der Waals surface area contributed by atoms with Crippen LogP contribution < -0.4 is 4.72 Å². The van der Waals surface area contributed by atoms with E-state index in [0.717, 1.165) is 29.8 Å².